The van der Waals surface area contributed by atoms with E-state index in [9.17, 15) is 9.59 Å². The lowest BCUT2D eigenvalue weighted by Gasteiger charge is -2.31. The number of carbonyl (C=O) groups excluding carboxylic acids is 1. The third-order valence-corrected chi connectivity index (χ3v) is 6.87. The number of fused-ring (bicyclic) bond motifs is 3. The molecule has 164 valence electrons. The molecule has 0 saturated heterocycles. The molecule has 0 bridgehead atoms. The summed E-state index contributed by atoms with van der Waals surface area (Å²) in [5, 5.41) is 4.50. The third-order valence-electron chi connectivity index (χ3n) is 6.55. The minimum absolute atomic E-state index is 0.0336. The molecule has 0 radical (unpaired) electrons. The van der Waals surface area contributed by atoms with Gasteiger partial charge in [-0.2, -0.15) is 0 Å². The fourth-order valence-electron chi connectivity index (χ4n) is 5.01. The van der Waals surface area contributed by atoms with Crippen molar-refractivity contribution in [1.29, 1.82) is 0 Å². The van der Waals surface area contributed by atoms with Gasteiger partial charge >= 0.3 is 0 Å². The molecule has 1 saturated carbocycles. The number of amides is 1. The average Bonchev–Trinajstić information content (AvgIpc) is 3.20. The van der Waals surface area contributed by atoms with Crippen LogP contribution in [0, 0.1) is 5.92 Å². The average molecular weight is 449 g/mol. The first-order chi connectivity index (χ1) is 15.5. The van der Waals surface area contributed by atoms with Gasteiger partial charge in [-0.1, -0.05) is 42.3 Å². The topological polar surface area (TPSA) is 68.9 Å². The molecule has 1 amide bonds. The Labute approximate surface area is 190 Å². The quantitative estimate of drug-likeness (QED) is 0.492. The van der Waals surface area contributed by atoms with Crippen molar-refractivity contribution in [3.05, 3.63) is 75.8 Å². The van der Waals surface area contributed by atoms with Gasteiger partial charge in [-0.15, -0.1) is 0 Å². The molecule has 1 aliphatic carbocycles. The van der Waals surface area contributed by atoms with Crippen LogP contribution in [0.3, 0.4) is 0 Å². The summed E-state index contributed by atoms with van der Waals surface area (Å²) in [5.74, 6) is 0.253. The Bertz CT molecular complexity index is 1360. The summed E-state index contributed by atoms with van der Waals surface area (Å²) in [4.78, 5) is 30.5. The van der Waals surface area contributed by atoms with Gasteiger partial charge in [0, 0.05) is 30.6 Å². The predicted octanol–water partition coefficient (Wildman–Crippen LogP) is 4.70. The van der Waals surface area contributed by atoms with E-state index in [4.69, 9.17) is 11.6 Å². The van der Waals surface area contributed by atoms with Gasteiger partial charge in [0.1, 0.15) is 11.0 Å². The molecule has 0 spiro atoms. The van der Waals surface area contributed by atoms with Crippen LogP contribution in [-0.2, 0) is 7.05 Å². The minimum Gasteiger partial charge on any atom is -0.352 e. The van der Waals surface area contributed by atoms with E-state index in [-0.39, 0.29) is 17.5 Å². The van der Waals surface area contributed by atoms with Crippen LogP contribution in [0.2, 0.25) is 5.02 Å². The minimum atomic E-state index is -0.0570. The molecule has 2 atom stereocenters. The molecular weight excluding hydrogens is 424 g/mol. The maximum atomic E-state index is 13.6. The van der Waals surface area contributed by atoms with Crippen LogP contribution in [0.15, 0.2) is 59.7 Å². The molecular formula is C25H25ClN4O2. The van der Waals surface area contributed by atoms with Gasteiger partial charge in [0.25, 0.3) is 11.5 Å². The summed E-state index contributed by atoms with van der Waals surface area (Å²) < 4.78 is 3.69. The van der Waals surface area contributed by atoms with Crippen molar-refractivity contribution in [3.63, 3.8) is 0 Å². The van der Waals surface area contributed by atoms with Crippen molar-refractivity contribution >= 4 is 39.4 Å². The van der Waals surface area contributed by atoms with Gasteiger partial charge in [-0.05, 0) is 49.4 Å². The molecule has 1 N–H and O–H groups in total. The van der Waals surface area contributed by atoms with Crippen LogP contribution in [0.5, 0.6) is 0 Å². The van der Waals surface area contributed by atoms with Crippen molar-refractivity contribution < 1.29 is 4.79 Å². The number of halogens is 1. The van der Waals surface area contributed by atoms with E-state index in [0.29, 0.717) is 34.1 Å². The fourth-order valence-corrected chi connectivity index (χ4v) is 5.27. The Morgan fingerprint density at radius 1 is 1.16 bits per heavy atom. The summed E-state index contributed by atoms with van der Waals surface area (Å²) in [6.07, 6.45) is 5.47. The number of pyridine rings is 1. The lowest BCUT2D eigenvalue weighted by atomic mass is 9.85. The van der Waals surface area contributed by atoms with Crippen molar-refractivity contribution in [2.24, 2.45) is 13.0 Å². The van der Waals surface area contributed by atoms with Crippen LogP contribution >= 0.6 is 11.6 Å². The highest BCUT2D eigenvalue weighted by molar-refractivity contribution is 6.37. The first-order valence-electron chi connectivity index (χ1n) is 11.0. The summed E-state index contributed by atoms with van der Waals surface area (Å²) >= 11 is 6.57. The maximum absolute atomic E-state index is 13.6. The Balaban J connectivity index is 1.46. The monoisotopic (exact) mass is 448 g/mol. The molecule has 6 nitrogen and oxygen atoms in total. The van der Waals surface area contributed by atoms with Gasteiger partial charge < -0.3 is 14.5 Å². The van der Waals surface area contributed by atoms with E-state index in [2.05, 4.69) is 10.3 Å². The molecule has 0 unspecified atom stereocenters. The SMILES string of the molecule is Cn1cnc2c3c(Cl)cccc3n([C@H]3CCC[C@@H](CNC(=O)c4ccccc4)C3)c(=O)c21. The molecule has 1 fully saturated rings. The third kappa shape index (κ3) is 3.58. The normalized spacial score (nSPS) is 18.8. The second-order valence-electron chi connectivity index (χ2n) is 8.62. The highest BCUT2D eigenvalue weighted by atomic mass is 35.5. The van der Waals surface area contributed by atoms with E-state index in [1.54, 1.807) is 10.9 Å². The van der Waals surface area contributed by atoms with E-state index < -0.39 is 0 Å². The number of aromatic nitrogens is 3. The number of aryl methyl sites for hydroxylation is 1. The number of benzene rings is 2. The van der Waals surface area contributed by atoms with Crippen LogP contribution < -0.4 is 10.9 Å². The molecule has 5 rings (SSSR count). The Morgan fingerprint density at radius 2 is 1.97 bits per heavy atom. The Kier molecular flexibility index (Phi) is 5.47. The number of hydrogen-bond donors (Lipinski definition) is 1. The second-order valence-corrected chi connectivity index (χ2v) is 9.03. The van der Waals surface area contributed by atoms with Gasteiger partial charge in [0.2, 0.25) is 0 Å². The van der Waals surface area contributed by atoms with E-state index >= 15 is 0 Å². The summed E-state index contributed by atoms with van der Waals surface area (Å²) in [6.45, 7) is 0.603. The number of hydrogen-bond acceptors (Lipinski definition) is 3. The first kappa shape index (κ1) is 20.8. The molecule has 1 aliphatic rings. The lowest BCUT2D eigenvalue weighted by molar-refractivity contribution is 0.0940. The van der Waals surface area contributed by atoms with E-state index in [1.807, 2.05) is 60.1 Å². The first-order valence-corrected chi connectivity index (χ1v) is 11.4. The molecule has 32 heavy (non-hydrogen) atoms. The zero-order valence-electron chi connectivity index (χ0n) is 17.9. The fraction of sp³-hybridized carbons (Fsp3) is 0.320. The number of carbonyl (C=O) groups is 1. The number of nitrogens with one attached hydrogen (secondary N) is 1. The van der Waals surface area contributed by atoms with Gasteiger partial charge in [0.05, 0.1) is 16.9 Å². The Hall–Kier alpha value is -3.12. The van der Waals surface area contributed by atoms with Crippen molar-refractivity contribution in [2.45, 2.75) is 31.7 Å². The second kappa shape index (κ2) is 8.43. The van der Waals surface area contributed by atoms with Crippen molar-refractivity contribution in [3.8, 4) is 0 Å². The number of rotatable bonds is 4. The molecule has 7 heteroatoms. The van der Waals surface area contributed by atoms with Gasteiger partial charge in [-0.25, -0.2) is 4.98 Å². The summed E-state index contributed by atoms with van der Waals surface area (Å²) in [5.41, 5.74) is 2.68. The summed E-state index contributed by atoms with van der Waals surface area (Å²) in [6, 6.07) is 15.0. The zero-order valence-corrected chi connectivity index (χ0v) is 18.7. The van der Waals surface area contributed by atoms with Crippen LogP contribution in [0.1, 0.15) is 42.1 Å². The molecule has 2 aromatic carbocycles. The van der Waals surface area contributed by atoms with Crippen LogP contribution in [0.25, 0.3) is 21.9 Å². The molecule has 0 aliphatic heterocycles. The van der Waals surface area contributed by atoms with E-state index in [1.165, 1.54) is 0 Å². The largest absolute Gasteiger partial charge is 0.352 e. The van der Waals surface area contributed by atoms with Crippen LogP contribution in [0.4, 0.5) is 0 Å². The predicted molar refractivity (Wildman–Crippen MR) is 127 cm³/mol. The zero-order chi connectivity index (χ0) is 22.2. The summed E-state index contributed by atoms with van der Waals surface area (Å²) in [7, 11) is 1.84. The van der Waals surface area contributed by atoms with Gasteiger partial charge in [-0.3, -0.25) is 9.59 Å². The van der Waals surface area contributed by atoms with Crippen molar-refractivity contribution in [2.75, 3.05) is 6.54 Å². The lowest BCUT2D eigenvalue weighted by Crippen LogP contribution is -2.35. The van der Waals surface area contributed by atoms with Crippen LogP contribution in [-0.4, -0.2) is 26.6 Å². The van der Waals surface area contributed by atoms with E-state index in [0.717, 1.165) is 36.6 Å². The highest BCUT2D eigenvalue weighted by Gasteiger charge is 2.27. The maximum Gasteiger partial charge on any atom is 0.277 e. The molecule has 2 heterocycles. The molecule has 2 aromatic heterocycles. The van der Waals surface area contributed by atoms with Crippen molar-refractivity contribution in [1.82, 2.24) is 19.4 Å². The number of imidazole rings is 1. The van der Waals surface area contributed by atoms with Gasteiger partial charge in [0.15, 0.2) is 0 Å². The number of nitrogens with zero attached hydrogens (tertiary/aromatic N) is 3. The highest BCUT2D eigenvalue weighted by Crippen LogP contribution is 2.36. The Morgan fingerprint density at radius 3 is 2.78 bits per heavy atom. The molecule has 4 aromatic rings. The standard InChI is InChI=1S/C25H25ClN4O2/c1-29-15-28-22-21-19(26)11-6-12-20(21)30(25(32)23(22)29)18-10-5-7-16(13-18)14-27-24(31)17-8-3-2-4-9-17/h2-4,6,8-9,11-12,15-16,18H,5,7,10,13-14H2,1H3,(H,27,31)/t16-,18+/m1/s1. The smallest absolute Gasteiger partial charge is 0.277 e.